The van der Waals surface area contributed by atoms with Crippen molar-refractivity contribution in [3.8, 4) is 11.3 Å². The first-order chi connectivity index (χ1) is 14.4. The molecule has 1 aliphatic rings. The van der Waals surface area contributed by atoms with Crippen molar-refractivity contribution < 1.29 is 30.0 Å². The summed E-state index contributed by atoms with van der Waals surface area (Å²) >= 11 is 0. The Morgan fingerprint density at radius 3 is 2.42 bits per heavy atom. The van der Waals surface area contributed by atoms with Crippen LogP contribution in [0.5, 0.6) is 0 Å². The van der Waals surface area contributed by atoms with Gasteiger partial charge in [-0.25, -0.2) is 0 Å². The van der Waals surface area contributed by atoms with Crippen molar-refractivity contribution in [1.29, 1.82) is 0 Å². The van der Waals surface area contributed by atoms with Crippen LogP contribution in [0, 0.1) is 13.0 Å². The molecule has 1 heterocycles. The Morgan fingerprint density at radius 1 is 1.10 bits per heavy atom. The minimum Gasteiger partial charge on any atom is -0.512 e. The first kappa shape index (κ1) is 25.0. The SMILES string of the molecule is CC(=O)/C=C(/C)O.Cc1ccnc(-c2[c-]c3ccccc3c(C3CCCCC3)c2)c1.[Ir]. The molecular formula is C27H30IrNO2-. The topological polar surface area (TPSA) is 50.2 Å². The number of hydrogen-bond acceptors (Lipinski definition) is 3. The third-order valence-corrected chi connectivity index (χ3v) is 5.46. The number of benzene rings is 2. The minimum absolute atomic E-state index is 0. The molecule has 0 saturated heterocycles. The Bertz CT molecular complexity index is 1050. The first-order valence-corrected chi connectivity index (χ1v) is 10.7. The summed E-state index contributed by atoms with van der Waals surface area (Å²) in [6, 6.07) is 18.8. The van der Waals surface area contributed by atoms with Gasteiger partial charge < -0.3 is 5.11 Å². The molecular weight excluding hydrogens is 563 g/mol. The Kier molecular flexibility index (Phi) is 9.61. The van der Waals surface area contributed by atoms with Crippen molar-refractivity contribution in [3.05, 3.63) is 77.7 Å². The third kappa shape index (κ3) is 7.12. The first-order valence-electron chi connectivity index (χ1n) is 10.7. The zero-order valence-electron chi connectivity index (χ0n) is 18.4. The van der Waals surface area contributed by atoms with Gasteiger partial charge >= 0.3 is 0 Å². The van der Waals surface area contributed by atoms with Crippen LogP contribution in [0.1, 0.15) is 63.0 Å². The largest absolute Gasteiger partial charge is 0.512 e. The van der Waals surface area contributed by atoms with E-state index in [0.717, 1.165) is 11.3 Å². The van der Waals surface area contributed by atoms with E-state index in [0.29, 0.717) is 5.92 Å². The van der Waals surface area contributed by atoms with Crippen molar-refractivity contribution in [3.63, 3.8) is 0 Å². The van der Waals surface area contributed by atoms with Crippen molar-refractivity contribution in [2.45, 2.75) is 58.8 Å². The second-order valence-electron chi connectivity index (χ2n) is 8.13. The number of hydrogen-bond donors (Lipinski definition) is 1. The van der Waals surface area contributed by atoms with Crippen molar-refractivity contribution >= 4 is 16.6 Å². The normalized spacial score (nSPS) is 14.4. The molecule has 3 nitrogen and oxygen atoms in total. The maximum Gasteiger partial charge on any atom is 0.155 e. The van der Waals surface area contributed by atoms with E-state index in [9.17, 15) is 4.79 Å². The van der Waals surface area contributed by atoms with Crippen molar-refractivity contribution in [2.24, 2.45) is 0 Å². The number of pyridine rings is 1. The van der Waals surface area contributed by atoms with E-state index in [1.807, 2.05) is 12.3 Å². The van der Waals surface area contributed by atoms with E-state index in [1.54, 1.807) is 0 Å². The molecule has 0 spiro atoms. The molecule has 1 N–H and O–H groups in total. The zero-order valence-corrected chi connectivity index (χ0v) is 20.8. The summed E-state index contributed by atoms with van der Waals surface area (Å²) in [4.78, 5) is 14.6. The van der Waals surface area contributed by atoms with E-state index >= 15 is 0 Å². The maximum absolute atomic E-state index is 10.0. The zero-order chi connectivity index (χ0) is 21.5. The fourth-order valence-corrected chi connectivity index (χ4v) is 4.13. The molecule has 1 aromatic heterocycles. The maximum atomic E-state index is 10.0. The van der Waals surface area contributed by atoms with E-state index in [2.05, 4.69) is 54.4 Å². The van der Waals surface area contributed by atoms with E-state index < -0.39 is 0 Å². The molecule has 2 aromatic carbocycles. The van der Waals surface area contributed by atoms with Gasteiger partial charge in [0, 0.05) is 38.1 Å². The molecule has 0 aliphatic heterocycles. The smallest absolute Gasteiger partial charge is 0.155 e. The summed E-state index contributed by atoms with van der Waals surface area (Å²) in [7, 11) is 0. The van der Waals surface area contributed by atoms with Gasteiger partial charge in [-0.1, -0.05) is 60.0 Å². The van der Waals surface area contributed by atoms with E-state index in [4.69, 9.17) is 5.11 Å². The summed E-state index contributed by atoms with van der Waals surface area (Å²) in [6.07, 6.45) is 9.79. The molecule has 0 atom stereocenters. The molecule has 1 saturated carbocycles. The van der Waals surface area contributed by atoms with Crippen LogP contribution in [0.15, 0.2) is 60.5 Å². The Labute approximate surface area is 199 Å². The van der Waals surface area contributed by atoms with Crippen LogP contribution < -0.4 is 0 Å². The molecule has 0 amide bonds. The van der Waals surface area contributed by atoms with Gasteiger partial charge in [0.15, 0.2) is 5.78 Å². The number of aryl methyl sites for hydroxylation is 1. The summed E-state index contributed by atoms with van der Waals surface area (Å²) in [5.74, 6) is 0.624. The summed E-state index contributed by atoms with van der Waals surface area (Å²) in [5.41, 5.74) is 4.91. The number of rotatable bonds is 3. The second kappa shape index (κ2) is 11.9. The predicted molar refractivity (Wildman–Crippen MR) is 124 cm³/mol. The molecule has 4 rings (SSSR count). The fraction of sp³-hybridized carbons (Fsp3) is 0.333. The quantitative estimate of drug-likeness (QED) is 0.201. The number of ketones is 1. The number of aliphatic hydroxyl groups excluding tert-OH is 1. The van der Waals surface area contributed by atoms with Gasteiger partial charge in [-0.3, -0.25) is 9.78 Å². The van der Waals surface area contributed by atoms with Crippen LogP contribution in [-0.4, -0.2) is 15.9 Å². The Balaban J connectivity index is 0.000000373. The van der Waals surface area contributed by atoms with Gasteiger partial charge in [-0.05, 0) is 45.6 Å². The van der Waals surface area contributed by atoms with Crippen LogP contribution in [0.2, 0.25) is 0 Å². The predicted octanol–water partition coefficient (Wildman–Crippen LogP) is 7.09. The molecule has 31 heavy (non-hydrogen) atoms. The number of aromatic nitrogens is 1. The molecule has 1 fully saturated rings. The fourth-order valence-electron chi connectivity index (χ4n) is 4.13. The van der Waals surface area contributed by atoms with Crippen LogP contribution in [0.4, 0.5) is 0 Å². The average molecular weight is 593 g/mol. The monoisotopic (exact) mass is 593 g/mol. The van der Waals surface area contributed by atoms with E-state index in [1.165, 1.54) is 73.9 Å². The minimum atomic E-state index is -0.125. The van der Waals surface area contributed by atoms with Crippen molar-refractivity contribution in [2.75, 3.05) is 0 Å². The van der Waals surface area contributed by atoms with Gasteiger partial charge in [0.1, 0.15) is 0 Å². The molecule has 0 unspecified atom stereocenters. The summed E-state index contributed by atoms with van der Waals surface area (Å²) in [5, 5.41) is 11.0. The Morgan fingerprint density at radius 2 is 1.81 bits per heavy atom. The molecule has 165 valence electrons. The van der Waals surface area contributed by atoms with Gasteiger partial charge in [-0.15, -0.1) is 29.1 Å². The molecule has 1 radical (unpaired) electrons. The van der Waals surface area contributed by atoms with Crippen LogP contribution in [-0.2, 0) is 24.9 Å². The average Bonchev–Trinajstić information content (AvgIpc) is 2.73. The third-order valence-electron chi connectivity index (χ3n) is 5.46. The molecule has 1 aliphatic carbocycles. The van der Waals surface area contributed by atoms with Gasteiger partial charge in [0.25, 0.3) is 0 Å². The summed E-state index contributed by atoms with van der Waals surface area (Å²) < 4.78 is 0. The van der Waals surface area contributed by atoms with Crippen LogP contribution >= 0.6 is 0 Å². The molecule has 3 aromatic rings. The number of carbonyl (C=O) groups is 1. The van der Waals surface area contributed by atoms with Crippen molar-refractivity contribution in [1.82, 2.24) is 4.98 Å². The van der Waals surface area contributed by atoms with Gasteiger partial charge in [0.05, 0.1) is 5.76 Å². The number of nitrogens with zero attached hydrogens (tertiary/aromatic N) is 1. The van der Waals surface area contributed by atoms with Gasteiger partial charge in [-0.2, -0.15) is 0 Å². The molecule has 4 heteroatoms. The van der Waals surface area contributed by atoms with Crippen LogP contribution in [0.25, 0.3) is 22.0 Å². The number of fused-ring (bicyclic) bond motifs is 1. The van der Waals surface area contributed by atoms with Crippen LogP contribution in [0.3, 0.4) is 0 Å². The standard InChI is InChI=1S/C22H22N.C5H8O2.Ir/c1-16-11-12-23-22(13-16)19-14-18-9-5-6-10-20(18)21(15-19)17-7-3-2-4-8-17;1-4(6)3-5(2)7;/h5-6,9-13,15,17H,2-4,7-8H2,1H3;3,6H,1-2H3;/q-1;;/b;4-3-;. The van der Waals surface area contributed by atoms with Gasteiger partial charge in [0.2, 0.25) is 0 Å². The second-order valence-corrected chi connectivity index (χ2v) is 8.13. The number of aliphatic hydroxyl groups is 1. The summed E-state index contributed by atoms with van der Waals surface area (Å²) in [6.45, 7) is 4.97. The number of allylic oxidation sites excluding steroid dienone is 2. The van der Waals surface area contributed by atoms with E-state index in [-0.39, 0.29) is 31.6 Å². The number of carbonyl (C=O) groups excluding carboxylic acids is 1. The molecule has 0 bridgehead atoms. The Hall–Kier alpha value is -2.29.